The van der Waals surface area contributed by atoms with Gasteiger partial charge in [0.15, 0.2) is 11.8 Å². The monoisotopic (exact) mass is 415 g/mol. The normalized spacial score (nSPS) is 15.1. The lowest BCUT2D eigenvalue weighted by Crippen LogP contribution is -2.52. The molecular formula is C21H33N7S. The minimum atomic E-state index is 0.542. The molecule has 1 aliphatic rings. The van der Waals surface area contributed by atoms with Crippen LogP contribution < -0.4 is 10.2 Å². The number of aromatic nitrogens is 3. The Morgan fingerprint density at radius 3 is 2.62 bits per heavy atom. The molecule has 2 heterocycles. The molecule has 1 N–H and O–H groups in total. The Kier molecular flexibility index (Phi) is 7.80. The number of nitrogens with zero attached hydrogens (tertiary/aromatic N) is 6. The topological polar surface area (TPSA) is 61.6 Å². The lowest BCUT2D eigenvalue weighted by molar-refractivity contribution is 0.371. The molecule has 29 heavy (non-hydrogen) atoms. The van der Waals surface area contributed by atoms with E-state index in [2.05, 4.69) is 62.8 Å². The van der Waals surface area contributed by atoms with Gasteiger partial charge in [0.1, 0.15) is 12.4 Å². The molecule has 0 unspecified atom stereocenters. The van der Waals surface area contributed by atoms with Gasteiger partial charge in [-0.05, 0) is 50.0 Å². The van der Waals surface area contributed by atoms with E-state index in [0.717, 1.165) is 62.5 Å². The number of piperazine rings is 1. The highest BCUT2D eigenvalue weighted by Gasteiger charge is 2.20. The van der Waals surface area contributed by atoms with E-state index in [1.807, 2.05) is 30.3 Å². The molecule has 0 aliphatic carbocycles. The van der Waals surface area contributed by atoms with E-state index in [4.69, 9.17) is 4.99 Å². The van der Waals surface area contributed by atoms with Gasteiger partial charge in [0, 0.05) is 45.5 Å². The first-order valence-corrected chi connectivity index (χ1v) is 11.7. The Morgan fingerprint density at radius 2 is 1.97 bits per heavy atom. The number of nitrogens with one attached hydrogen (secondary N) is 1. The molecule has 1 aliphatic heterocycles. The standard InChI is InChI=1S/C21H33N7S/c1-17-7-5-8-19(15-17)27-10-12-28(13-11-27)21(22-9-6-14-29-4)23-16-20-25-24-18(2)26(20)3/h5,7-8,15H,6,9-14,16H2,1-4H3,(H,22,23). The molecule has 0 saturated carbocycles. The SMILES string of the molecule is CSCCCNC(=NCc1nnc(C)n1C)N1CCN(c2cccc(C)c2)CC1. The number of thioether (sulfide) groups is 1. The summed E-state index contributed by atoms with van der Waals surface area (Å²) in [5, 5.41) is 12.0. The molecule has 1 aromatic heterocycles. The molecule has 158 valence electrons. The summed E-state index contributed by atoms with van der Waals surface area (Å²) in [7, 11) is 1.99. The third-order valence-electron chi connectivity index (χ3n) is 5.31. The van der Waals surface area contributed by atoms with Crippen LogP contribution in [0.25, 0.3) is 0 Å². The highest BCUT2D eigenvalue weighted by molar-refractivity contribution is 7.98. The molecule has 7 nitrogen and oxygen atoms in total. The maximum atomic E-state index is 4.88. The molecule has 0 amide bonds. The van der Waals surface area contributed by atoms with Crippen LogP contribution in [0.2, 0.25) is 0 Å². The summed E-state index contributed by atoms with van der Waals surface area (Å²) in [6.45, 7) is 9.51. The lowest BCUT2D eigenvalue weighted by atomic mass is 10.2. The average Bonchev–Trinajstić information content (AvgIpc) is 3.05. The minimum Gasteiger partial charge on any atom is -0.368 e. The molecule has 1 fully saturated rings. The molecule has 2 aromatic rings. The van der Waals surface area contributed by atoms with Crippen molar-refractivity contribution in [1.82, 2.24) is 25.0 Å². The van der Waals surface area contributed by atoms with Crippen molar-refractivity contribution in [3.05, 3.63) is 41.5 Å². The van der Waals surface area contributed by atoms with E-state index in [9.17, 15) is 0 Å². The van der Waals surface area contributed by atoms with Gasteiger partial charge in [-0.2, -0.15) is 11.8 Å². The van der Waals surface area contributed by atoms with Crippen LogP contribution in [0, 0.1) is 13.8 Å². The van der Waals surface area contributed by atoms with Crippen LogP contribution in [0.15, 0.2) is 29.3 Å². The third-order valence-corrected chi connectivity index (χ3v) is 6.00. The second kappa shape index (κ2) is 10.5. The first kappa shape index (κ1) is 21.5. The maximum absolute atomic E-state index is 4.88. The molecule has 8 heteroatoms. The fourth-order valence-electron chi connectivity index (χ4n) is 3.42. The van der Waals surface area contributed by atoms with Gasteiger partial charge in [-0.15, -0.1) is 10.2 Å². The van der Waals surface area contributed by atoms with Crippen LogP contribution >= 0.6 is 11.8 Å². The molecule has 0 radical (unpaired) electrons. The highest BCUT2D eigenvalue weighted by atomic mass is 32.2. The van der Waals surface area contributed by atoms with Crippen molar-refractivity contribution in [3.8, 4) is 0 Å². The number of aryl methyl sites for hydroxylation is 2. The summed E-state index contributed by atoms with van der Waals surface area (Å²) in [6.07, 6.45) is 3.28. The van der Waals surface area contributed by atoms with Crippen LogP contribution in [0.1, 0.15) is 23.6 Å². The van der Waals surface area contributed by atoms with E-state index in [-0.39, 0.29) is 0 Å². The second-order valence-corrected chi connectivity index (χ2v) is 8.43. The van der Waals surface area contributed by atoms with Crippen LogP contribution in [0.5, 0.6) is 0 Å². The van der Waals surface area contributed by atoms with E-state index in [0.29, 0.717) is 6.54 Å². The van der Waals surface area contributed by atoms with Crippen molar-refractivity contribution in [2.45, 2.75) is 26.8 Å². The van der Waals surface area contributed by atoms with E-state index in [1.54, 1.807) is 0 Å². The Labute approximate surface area is 178 Å². The summed E-state index contributed by atoms with van der Waals surface area (Å²) in [5.74, 6) is 3.94. The van der Waals surface area contributed by atoms with Crippen molar-refractivity contribution in [2.24, 2.45) is 12.0 Å². The largest absolute Gasteiger partial charge is 0.368 e. The van der Waals surface area contributed by atoms with Gasteiger partial charge in [0.25, 0.3) is 0 Å². The van der Waals surface area contributed by atoms with Crippen molar-refractivity contribution < 1.29 is 0 Å². The summed E-state index contributed by atoms with van der Waals surface area (Å²) in [6, 6.07) is 8.76. The molecule has 1 saturated heterocycles. The Bertz CT molecular complexity index is 809. The lowest BCUT2D eigenvalue weighted by Gasteiger charge is -2.38. The van der Waals surface area contributed by atoms with Crippen LogP contribution in [-0.4, -0.2) is 70.4 Å². The van der Waals surface area contributed by atoms with Crippen LogP contribution in [0.3, 0.4) is 0 Å². The number of benzene rings is 1. The summed E-state index contributed by atoms with van der Waals surface area (Å²) in [4.78, 5) is 9.71. The molecule has 0 atom stereocenters. The van der Waals surface area contributed by atoms with Crippen molar-refractivity contribution in [1.29, 1.82) is 0 Å². The first-order chi connectivity index (χ1) is 14.1. The highest BCUT2D eigenvalue weighted by Crippen LogP contribution is 2.18. The zero-order valence-electron chi connectivity index (χ0n) is 18.1. The quantitative estimate of drug-likeness (QED) is 0.426. The van der Waals surface area contributed by atoms with Gasteiger partial charge in [0.05, 0.1) is 0 Å². The van der Waals surface area contributed by atoms with Gasteiger partial charge < -0.3 is 19.7 Å². The van der Waals surface area contributed by atoms with Crippen LogP contribution in [0.4, 0.5) is 5.69 Å². The van der Waals surface area contributed by atoms with Crippen LogP contribution in [-0.2, 0) is 13.6 Å². The molecule has 0 spiro atoms. The fraction of sp³-hybridized carbons (Fsp3) is 0.571. The molecule has 0 bridgehead atoms. The summed E-state index contributed by atoms with van der Waals surface area (Å²) in [5.41, 5.74) is 2.62. The number of anilines is 1. The van der Waals surface area contributed by atoms with Gasteiger partial charge in [-0.25, -0.2) is 4.99 Å². The molecule has 1 aromatic carbocycles. The number of hydrogen-bond donors (Lipinski definition) is 1. The number of hydrogen-bond acceptors (Lipinski definition) is 5. The van der Waals surface area contributed by atoms with Gasteiger partial charge >= 0.3 is 0 Å². The smallest absolute Gasteiger partial charge is 0.194 e. The maximum Gasteiger partial charge on any atom is 0.194 e. The van der Waals surface area contributed by atoms with E-state index >= 15 is 0 Å². The fourth-order valence-corrected chi connectivity index (χ4v) is 3.85. The predicted octanol–water partition coefficient (Wildman–Crippen LogP) is 2.45. The van der Waals surface area contributed by atoms with Crippen molar-refractivity contribution >= 4 is 23.4 Å². The zero-order chi connectivity index (χ0) is 20.6. The number of aliphatic imine (C=N–C) groups is 1. The van der Waals surface area contributed by atoms with Crippen molar-refractivity contribution in [2.75, 3.05) is 49.6 Å². The summed E-state index contributed by atoms with van der Waals surface area (Å²) >= 11 is 1.88. The average molecular weight is 416 g/mol. The Balaban J connectivity index is 1.64. The molecule has 3 rings (SSSR count). The Morgan fingerprint density at radius 1 is 1.17 bits per heavy atom. The van der Waals surface area contributed by atoms with Gasteiger partial charge in [-0.1, -0.05) is 12.1 Å². The molecular weight excluding hydrogens is 382 g/mol. The van der Waals surface area contributed by atoms with Crippen molar-refractivity contribution in [3.63, 3.8) is 0 Å². The minimum absolute atomic E-state index is 0.542. The van der Waals surface area contributed by atoms with E-state index in [1.165, 1.54) is 11.3 Å². The number of rotatable bonds is 7. The van der Waals surface area contributed by atoms with Gasteiger partial charge in [0.2, 0.25) is 0 Å². The first-order valence-electron chi connectivity index (χ1n) is 10.3. The summed E-state index contributed by atoms with van der Waals surface area (Å²) < 4.78 is 2.00. The number of guanidine groups is 1. The zero-order valence-corrected chi connectivity index (χ0v) is 18.9. The van der Waals surface area contributed by atoms with Gasteiger partial charge in [-0.3, -0.25) is 0 Å². The third kappa shape index (κ3) is 5.88. The predicted molar refractivity (Wildman–Crippen MR) is 123 cm³/mol. The van der Waals surface area contributed by atoms with E-state index < -0.39 is 0 Å². The second-order valence-electron chi connectivity index (χ2n) is 7.45. The Hall–Kier alpha value is -2.22.